The van der Waals surface area contributed by atoms with Crippen molar-refractivity contribution < 1.29 is 0 Å². The van der Waals surface area contributed by atoms with Gasteiger partial charge in [-0.2, -0.15) is 5.10 Å². The van der Waals surface area contributed by atoms with Gasteiger partial charge in [-0.15, -0.1) is 0 Å². The molecule has 0 aliphatic carbocycles. The average Bonchev–Trinajstić information content (AvgIpc) is 3.23. The van der Waals surface area contributed by atoms with Crippen molar-refractivity contribution in [2.24, 2.45) is 0 Å². The quantitative estimate of drug-likeness (QED) is 0.371. The van der Waals surface area contributed by atoms with Crippen LogP contribution in [0.2, 0.25) is 0 Å². The number of benzene rings is 4. The van der Waals surface area contributed by atoms with Crippen molar-refractivity contribution in [2.75, 3.05) is 11.1 Å². The monoisotopic (exact) mass is 416 g/mol. The minimum absolute atomic E-state index is 0.679. The summed E-state index contributed by atoms with van der Waals surface area (Å²) in [4.78, 5) is 8.85. The molecule has 2 aromatic heterocycles. The first-order chi connectivity index (χ1) is 15.7. The number of aromatic nitrogens is 4. The van der Waals surface area contributed by atoms with E-state index in [1.54, 1.807) is 6.33 Å². The summed E-state index contributed by atoms with van der Waals surface area (Å²) in [5.41, 5.74) is 10.7. The molecule has 6 aromatic rings. The van der Waals surface area contributed by atoms with Crippen molar-refractivity contribution >= 4 is 49.8 Å². The lowest BCUT2D eigenvalue weighted by Crippen LogP contribution is -1.99. The second kappa shape index (κ2) is 7.35. The zero-order valence-electron chi connectivity index (χ0n) is 17.2. The van der Waals surface area contributed by atoms with Gasteiger partial charge in [0.05, 0.1) is 12.1 Å². The zero-order valence-corrected chi connectivity index (χ0v) is 17.2. The van der Waals surface area contributed by atoms with E-state index in [0.717, 1.165) is 50.6 Å². The summed E-state index contributed by atoms with van der Waals surface area (Å²) in [5.74, 6) is 0.725. The molecule has 0 fully saturated rings. The van der Waals surface area contributed by atoms with E-state index in [4.69, 9.17) is 10.8 Å². The van der Waals surface area contributed by atoms with E-state index in [9.17, 15) is 0 Å². The molecule has 0 aliphatic heterocycles. The van der Waals surface area contributed by atoms with Crippen LogP contribution in [0.25, 0.3) is 32.6 Å². The highest BCUT2D eigenvalue weighted by atomic mass is 15.3. The van der Waals surface area contributed by atoms with Gasteiger partial charge in [-0.25, -0.2) is 9.97 Å². The van der Waals surface area contributed by atoms with Gasteiger partial charge in [-0.05, 0) is 29.8 Å². The minimum Gasteiger partial charge on any atom is -0.399 e. The number of hydrogen-bond acceptors (Lipinski definition) is 5. The third-order valence-corrected chi connectivity index (χ3v) is 5.66. The van der Waals surface area contributed by atoms with Gasteiger partial charge in [0.15, 0.2) is 0 Å². The number of rotatable bonds is 4. The Labute approximate surface area is 184 Å². The number of nitrogen functional groups attached to an aromatic ring is 1. The number of nitrogens with two attached hydrogens (primary N) is 1. The SMILES string of the molecule is Nc1ccc2ncnc(Nc3cc4cn(Cc5ccccc5)nc4c4ccccc34)c2c1. The Hall–Kier alpha value is -4.45. The van der Waals surface area contributed by atoms with E-state index in [1.807, 2.05) is 41.1 Å². The molecule has 6 heteroatoms. The molecule has 4 aromatic carbocycles. The van der Waals surface area contributed by atoms with E-state index in [2.05, 4.69) is 63.9 Å². The maximum Gasteiger partial charge on any atom is 0.141 e. The minimum atomic E-state index is 0.679. The Balaban J connectivity index is 1.49. The molecule has 2 heterocycles. The Morgan fingerprint density at radius 2 is 1.62 bits per heavy atom. The van der Waals surface area contributed by atoms with E-state index in [1.165, 1.54) is 5.56 Å². The lowest BCUT2D eigenvalue weighted by atomic mass is 10.1. The highest BCUT2D eigenvalue weighted by Gasteiger charge is 2.12. The van der Waals surface area contributed by atoms with Crippen LogP contribution in [0, 0.1) is 0 Å². The average molecular weight is 416 g/mol. The van der Waals surface area contributed by atoms with Crippen LogP contribution in [0.1, 0.15) is 5.56 Å². The normalized spacial score (nSPS) is 11.4. The zero-order chi connectivity index (χ0) is 21.5. The maximum absolute atomic E-state index is 6.02. The Bertz CT molecular complexity index is 1590. The van der Waals surface area contributed by atoms with E-state index in [-0.39, 0.29) is 0 Å². The molecular formula is C26H20N6. The lowest BCUT2D eigenvalue weighted by molar-refractivity contribution is 0.696. The van der Waals surface area contributed by atoms with Gasteiger partial charge in [0.25, 0.3) is 0 Å². The Morgan fingerprint density at radius 3 is 2.50 bits per heavy atom. The molecule has 0 saturated heterocycles. The second-order valence-electron chi connectivity index (χ2n) is 7.84. The van der Waals surface area contributed by atoms with Gasteiger partial charge in [-0.3, -0.25) is 4.68 Å². The predicted octanol–water partition coefficient (Wildman–Crippen LogP) is 5.51. The molecule has 0 saturated carbocycles. The summed E-state index contributed by atoms with van der Waals surface area (Å²) in [6, 6.07) is 26.4. The molecule has 6 nitrogen and oxygen atoms in total. The Morgan fingerprint density at radius 1 is 0.812 bits per heavy atom. The van der Waals surface area contributed by atoms with Gasteiger partial charge in [0, 0.05) is 39.1 Å². The second-order valence-corrected chi connectivity index (χ2v) is 7.84. The first kappa shape index (κ1) is 18.3. The molecule has 0 amide bonds. The summed E-state index contributed by atoms with van der Waals surface area (Å²) in [7, 11) is 0. The van der Waals surface area contributed by atoms with Gasteiger partial charge in [0.1, 0.15) is 17.7 Å². The van der Waals surface area contributed by atoms with Crippen LogP contribution in [0.15, 0.2) is 91.4 Å². The van der Waals surface area contributed by atoms with Crippen molar-refractivity contribution in [2.45, 2.75) is 6.54 Å². The van der Waals surface area contributed by atoms with Gasteiger partial charge in [0.2, 0.25) is 0 Å². The van der Waals surface area contributed by atoms with Crippen LogP contribution in [0.5, 0.6) is 0 Å². The van der Waals surface area contributed by atoms with Crippen LogP contribution < -0.4 is 11.1 Å². The highest BCUT2D eigenvalue weighted by molar-refractivity contribution is 6.12. The van der Waals surface area contributed by atoms with Crippen molar-refractivity contribution in [3.63, 3.8) is 0 Å². The van der Waals surface area contributed by atoms with Gasteiger partial charge < -0.3 is 11.1 Å². The largest absolute Gasteiger partial charge is 0.399 e. The number of anilines is 3. The predicted molar refractivity (Wildman–Crippen MR) is 130 cm³/mol. The summed E-state index contributed by atoms with van der Waals surface area (Å²) >= 11 is 0. The first-order valence-corrected chi connectivity index (χ1v) is 10.4. The van der Waals surface area contributed by atoms with Crippen molar-refractivity contribution in [1.82, 2.24) is 19.7 Å². The first-order valence-electron chi connectivity index (χ1n) is 10.4. The molecule has 0 unspecified atom stereocenters. The highest BCUT2D eigenvalue weighted by Crippen LogP contribution is 2.34. The van der Waals surface area contributed by atoms with Crippen molar-refractivity contribution in [1.29, 1.82) is 0 Å². The summed E-state index contributed by atoms with van der Waals surface area (Å²) in [6.07, 6.45) is 3.66. The fourth-order valence-corrected chi connectivity index (χ4v) is 4.17. The van der Waals surface area contributed by atoms with Crippen molar-refractivity contribution in [3.8, 4) is 0 Å². The van der Waals surface area contributed by atoms with E-state index >= 15 is 0 Å². The molecule has 32 heavy (non-hydrogen) atoms. The lowest BCUT2D eigenvalue weighted by Gasteiger charge is -2.12. The third kappa shape index (κ3) is 3.18. The fourth-order valence-electron chi connectivity index (χ4n) is 4.17. The summed E-state index contributed by atoms with van der Waals surface area (Å²) < 4.78 is 2.00. The van der Waals surface area contributed by atoms with Crippen molar-refractivity contribution in [3.05, 3.63) is 97.0 Å². The van der Waals surface area contributed by atoms with Crippen LogP contribution in [0.3, 0.4) is 0 Å². The molecule has 154 valence electrons. The molecular weight excluding hydrogens is 396 g/mol. The van der Waals surface area contributed by atoms with Crippen LogP contribution in [-0.2, 0) is 6.54 Å². The molecule has 0 bridgehead atoms. The van der Waals surface area contributed by atoms with E-state index < -0.39 is 0 Å². The van der Waals surface area contributed by atoms with Gasteiger partial charge >= 0.3 is 0 Å². The molecule has 6 rings (SSSR count). The molecule has 0 spiro atoms. The molecule has 3 N–H and O–H groups in total. The number of nitrogens with zero attached hydrogens (tertiary/aromatic N) is 4. The third-order valence-electron chi connectivity index (χ3n) is 5.66. The summed E-state index contributed by atoms with van der Waals surface area (Å²) in [6.45, 7) is 0.725. The number of nitrogens with one attached hydrogen (secondary N) is 1. The van der Waals surface area contributed by atoms with Crippen LogP contribution in [0.4, 0.5) is 17.2 Å². The van der Waals surface area contributed by atoms with Crippen LogP contribution >= 0.6 is 0 Å². The summed E-state index contributed by atoms with van der Waals surface area (Å²) in [5, 5.41) is 12.6. The molecule has 0 aliphatic rings. The topological polar surface area (TPSA) is 81.6 Å². The maximum atomic E-state index is 6.02. The van der Waals surface area contributed by atoms with Crippen LogP contribution in [-0.4, -0.2) is 19.7 Å². The Kier molecular flexibility index (Phi) is 4.21. The van der Waals surface area contributed by atoms with E-state index in [0.29, 0.717) is 5.69 Å². The number of fused-ring (bicyclic) bond motifs is 4. The smallest absolute Gasteiger partial charge is 0.141 e. The number of hydrogen-bond donors (Lipinski definition) is 2. The molecule has 0 radical (unpaired) electrons. The fraction of sp³-hybridized carbons (Fsp3) is 0.0385. The van der Waals surface area contributed by atoms with Gasteiger partial charge in [-0.1, -0.05) is 54.6 Å². The molecule has 0 atom stereocenters. The standard InChI is InChI=1S/C26H20N6/c27-19-10-11-23-22(13-19)26(29-16-28-23)30-24-12-18-15-32(14-17-6-2-1-3-7-17)31-25(18)21-9-5-4-8-20(21)24/h1-13,15-16H,14,27H2,(H,28,29,30).